The number of unbranched alkanes of at least 4 members (excludes halogenated alkanes) is 3. The largest absolute Gasteiger partial charge is 0.396 e. The van der Waals surface area contributed by atoms with Crippen molar-refractivity contribution in [3.05, 3.63) is 0 Å². The molecule has 0 saturated carbocycles. The zero-order chi connectivity index (χ0) is 10.8. The molecule has 0 aliphatic rings. The topological polar surface area (TPSA) is 90.1 Å². The van der Waals surface area contributed by atoms with E-state index in [-0.39, 0.29) is 6.61 Å². The molecule has 0 aliphatic heterocycles. The maximum atomic E-state index is 9.74. The van der Waals surface area contributed by atoms with Crippen LogP contribution >= 0.6 is 0 Å². The van der Waals surface area contributed by atoms with Gasteiger partial charge in [-0.25, -0.2) is 4.79 Å². The third kappa shape index (κ3) is 6.74. The molecule has 82 valence electrons. The van der Waals surface area contributed by atoms with Crippen molar-refractivity contribution in [2.24, 2.45) is 4.99 Å². The molecule has 2 unspecified atom stereocenters. The first-order chi connectivity index (χ1) is 6.72. The zero-order valence-corrected chi connectivity index (χ0v) is 8.09. The molecule has 0 amide bonds. The minimum absolute atomic E-state index is 0.181. The van der Waals surface area contributed by atoms with E-state index in [4.69, 9.17) is 10.2 Å². The predicted molar refractivity (Wildman–Crippen MR) is 50.3 cm³/mol. The normalized spacial score (nSPS) is 14.5. The van der Waals surface area contributed by atoms with Gasteiger partial charge in [-0.3, -0.25) is 0 Å². The molecule has 0 bridgehead atoms. The lowest BCUT2D eigenvalue weighted by Crippen LogP contribution is -2.23. The zero-order valence-electron chi connectivity index (χ0n) is 8.09. The van der Waals surface area contributed by atoms with Crippen molar-refractivity contribution in [1.29, 1.82) is 0 Å². The van der Waals surface area contributed by atoms with Crippen LogP contribution in [0.25, 0.3) is 0 Å². The van der Waals surface area contributed by atoms with Crippen LogP contribution in [-0.4, -0.2) is 40.3 Å². The molecular weight excluding hydrogens is 186 g/mol. The Morgan fingerprint density at radius 3 is 2.36 bits per heavy atom. The summed E-state index contributed by atoms with van der Waals surface area (Å²) in [4.78, 5) is 12.7. The Labute approximate surface area is 83.1 Å². The highest BCUT2D eigenvalue weighted by Crippen LogP contribution is 2.08. The maximum absolute atomic E-state index is 9.74. The van der Waals surface area contributed by atoms with Gasteiger partial charge in [0.1, 0.15) is 6.10 Å². The van der Waals surface area contributed by atoms with E-state index < -0.39 is 12.3 Å². The van der Waals surface area contributed by atoms with Gasteiger partial charge in [0.2, 0.25) is 6.08 Å². The van der Waals surface area contributed by atoms with E-state index in [0.717, 1.165) is 25.7 Å². The van der Waals surface area contributed by atoms with Gasteiger partial charge in [-0.15, -0.1) is 0 Å². The van der Waals surface area contributed by atoms with Crippen molar-refractivity contribution >= 4 is 6.08 Å². The van der Waals surface area contributed by atoms with Crippen molar-refractivity contribution in [2.75, 3.05) is 6.61 Å². The Morgan fingerprint density at radius 1 is 1.14 bits per heavy atom. The van der Waals surface area contributed by atoms with Crippen molar-refractivity contribution in [3.8, 4) is 0 Å². The second kappa shape index (κ2) is 8.84. The first-order valence-electron chi connectivity index (χ1n) is 4.76. The Kier molecular flexibility index (Phi) is 8.37. The lowest BCUT2D eigenvalue weighted by molar-refractivity contribution is 0.0189. The van der Waals surface area contributed by atoms with Crippen LogP contribution in [0.3, 0.4) is 0 Å². The molecule has 0 saturated heterocycles. The number of rotatable bonds is 8. The summed E-state index contributed by atoms with van der Waals surface area (Å²) in [6.45, 7) is 0.181. The van der Waals surface area contributed by atoms with Crippen molar-refractivity contribution < 1.29 is 20.1 Å². The molecule has 5 nitrogen and oxygen atoms in total. The van der Waals surface area contributed by atoms with Crippen molar-refractivity contribution in [2.45, 2.75) is 44.4 Å². The minimum atomic E-state index is -1.36. The van der Waals surface area contributed by atoms with Crippen molar-refractivity contribution in [3.63, 3.8) is 0 Å². The standard InChI is InChI=1S/C9H17NO4/c11-6-4-2-1-3-5-8(13)9(14)10-7-12/h8-9,11,13-14H,1-6H2. The van der Waals surface area contributed by atoms with Gasteiger partial charge < -0.3 is 15.3 Å². The quantitative estimate of drug-likeness (QED) is 0.293. The summed E-state index contributed by atoms with van der Waals surface area (Å²) in [7, 11) is 0. The molecule has 0 aliphatic carbocycles. The summed E-state index contributed by atoms with van der Waals surface area (Å²) in [6, 6.07) is 0. The molecule has 5 heteroatoms. The van der Waals surface area contributed by atoms with Gasteiger partial charge in [0.05, 0.1) is 0 Å². The average molecular weight is 203 g/mol. The van der Waals surface area contributed by atoms with E-state index in [0.29, 0.717) is 6.42 Å². The van der Waals surface area contributed by atoms with Gasteiger partial charge in [0, 0.05) is 6.61 Å². The molecule has 0 radical (unpaired) electrons. The van der Waals surface area contributed by atoms with Gasteiger partial charge in [-0.2, -0.15) is 4.99 Å². The van der Waals surface area contributed by atoms with Crippen LogP contribution in [0.4, 0.5) is 0 Å². The summed E-state index contributed by atoms with van der Waals surface area (Å²) in [5, 5.41) is 26.7. The predicted octanol–water partition coefficient (Wildman–Crippen LogP) is -0.0557. The highest BCUT2D eigenvalue weighted by atomic mass is 16.3. The van der Waals surface area contributed by atoms with E-state index in [1.807, 2.05) is 0 Å². The molecular formula is C9H17NO4. The summed E-state index contributed by atoms with van der Waals surface area (Å²) in [5.41, 5.74) is 0. The third-order valence-electron chi connectivity index (χ3n) is 1.94. The van der Waals surface area contributed by atoms with E-state index in [1.54, 1.807) is 0 Å². The van der Waals surface area contributed by atoms with Gasteiger partial charge in [-0.05, 0) is 12.8 Å². The van der Waals surface area contributed by atoms with E-state index in [2.05, 4.69) is 4.99 Å². The smallest absolute Gasteiger partial charge is 0.237 e. The fraction of sp³-hybridized carbons (Fsp3) is 0.889. The third-order valence-corrected chi connectivity index (χ3v) is 1.94. The summed E-state index contributed by atoms with van der Waals surface area (Å²) in [5.74, 6) is 0. The Bertz CT molecular complexity index is 180. The van der Waals surface area contributed by atoms with Crippen LogP contribution in [0.1, 0.15) is 32.1 Å². The van der Waals surface area contributed by atoms with Gasteiger partial charge >= 0.3 is 0 Å². The Morgan fingerprint density at radius 2 is 1.79 bits per heavy atom. The molecule has 0 aromatic carbocycles. The number of aliphatic imine (C=N–C) groups is 1. The second-order valence-electron chi connectivity index (χ2n) is 3.13. The van der Waals surface area contributed by atoms with E-state index in [9.17, 15) is 9.90 Å². The monoisotopic (exact) mass is 203 g/mol. The van der Waals surface area contributed by atoms with Crippen LogP contribution in [0.15, 0.2) is 4.99 Å². The Balaban J connectivity index is 3.43. The minimum Gasteiger partial charge on any atom is -0.396 e. The molecule has 0 heterocycles. The summed E-state index contributed by atoms with van der Waals surface area (Å²) in [6.07, 6.45) is 2.52. The van der Waals surface area contributed by atoms with E-state index in [1.165, 1.54) is 6.08 Å². The number of aliphatic hydroxyl groups excluding tert-OH is 3. The first-order valence-corrected chi connectivity index (χ1v) is 4.76. The van der Waals surface area contributed by atoms with Gasteiger partial charge in [-0.1, -0.05) is 19.3 Å². The first kappa shape index (κ1) is 13.3. The van der Waals surface area contributed by atoms with Crippen molar-refractivity contribution in [1.82, 2.24) is 0 Å². The maximum Gasteiger partial charge on any atom is 0.237 e. The van der Waals surface area contributed by atoms with Gasteiger partial charge in [0.25, 0.3) is 0 Å². The number of hydrogen-bond donors (Lipinski definition) is 3. The van der Waals surface area contributed by atoms with E-state index >= 15 is 0 Å². The molecule has 0 aromatic heterocycles. The second-order valence-corrected chi connectivity index (χ2v) is 3.13. The lowest BCUT2D eigenvalue weighted by atomic mass is 10.1. The van der Waals surface area contributed by atoms with Crippen LogP contribution in [0.5, 0.6) is 0 Å². The van der Waals surface area contributed by atoms with Gasteiger partial charge in [0.15, 0.2) is 6.23 Å². The number of aliphatic hydroxyl groups is 3. The molecule has 0 fully saturated rings. The SMILES string of the molecule is O=C=NC(O)C(O)CCCCCCO. The molecule has 0 aromatic rings. The van der Waals surface area contributed by atoms with Crippen LogP contribution < -0.4 is 0 Å². The fourth-order valence-electron chi connectivity index (χ4n) is 1.11. The number of nitrogens with zero attached hydrogens (tertiary/aromatic N) is 1. The molecule has 2 atom stereocenters. The lowest BCUT2D eigenvalue weighted by Gasteiger charge is -2.11. The summed E-state index contributed by atoms with van der Waals surface area (Å²) >= 11 is 0. The van der Waals surface area contributed by atoms with Crippen LogP contribution in [0, 0.1) is 0 Å². The number of hydrogen-bond acceptors (Lipinski definition) is 5. The number of carbonyl (C=O) groups excluding carboxylic acids is 1. The Hall–Kier alpha value is -0.740. The number of isocyanates is 1. The average Bonchev–Trinajstić information content (AvgIpc) is 2.17. The molecule has 14 heavy (non-hydrogen) atoms. The molecule has 0 rings (SSSR count). The molecule has 0 spiro atoms. The van der Waals surface area contributed by atoms with Crippen LogP contribution in [-0.2, 0) is 4.79 Å². The fourth-order valence-corrected chi connectivity index (χ4v) is 1.11. The highest BCUT2D eigenvalue weighted by Gasteiger charge is 2.13. The summed E-state index contributed by atoms with van der Waals surface area (Å²) < 4.78 is 0. The highest BCUT2D eigenvalue weighted by molar-refractivity contribution is 5.33. The molecule has 3 N–H and O–H groups in total. The van der Waals surface area contributed by atoms with Crippen LogP contribution in [0.2, 0.25) is 0 Å².